The van der Waals surface area contributed by atoms with E-state index in [1.165, 1.54) is 32.1 Å². The first-order valence-corrected chi connectivity index (χ1v) is 7.84. The average molecular weight is 285 g/mol. The smallest absolute Gasteiger partial charge is 0.136 e. The molecule has 2 aromatic rings. The SMILES string of the molecule is NCCN(c1nccc2ccc(O)cc12)C1CCCCC1. The zero-order valence-corrected chi connectivity index (χ0v) is 12.3. The van der Waals surface area contributed by atoms with Crippen LogP contribution in [0.5, 0.6) is 5.75 Å². The van der Waals surface area contributed by atoms with Gasteiger partial charge < -0.3 is 15.7 Å². The highest BCUT2D eigenvalue weighted by Gasteiger charge is 2.23. The summed E-state index contributed by atoms with van der Waals surface area (Å²) in [6.45, 7) is 1.43. The zero-order valence-electron chi connectivity index (χ0n) is 12.3. The van der Waals surface area contributed by atoms with Crippen molar-refractivity contribution in [3.8, 4) is 5.75 Å². The number of benzene rings is 1. The van der Waals surface area contributed by atoms with Crippen molar-refractivity contribution in [2.75, 3.05) is 18.0 Å². The van der Waals surface area contributed by atoms with E-state index in [0.29, 0.717) is 12.6 Å². The van der Waals surface area contributed by atoms with Gasteiger partial charge in [-0.1, -0.05) is 25.3 Å². The van der Waals surface area contributed by atoms with Gasteiger partial charge in [-0.05, 0) is 36.4 Å². The van der Waals surface area contributed by atoms with E-state index >= 15 is 0 Å². The van der Waals surface area contributed by atoms with Crippen LogP contribution < -0.4 is 10.6 Å². The van der Waals surface area contributed by atoms with Crippen LogP contribution in [0.3, 0.4) is 0 Å². The molecule has 1 aromatic heterocycles. The Morgan fingerprint density at radius 2 is 2.00 bits per heavy atom. The quantitative estimate of drug-likeness (QED) is 0.906. The summed E-state index contributed by atoms with van der Waals surface area (Å²) >= 11 is 0. The molecule has 1 aromatic carbocycles. The summed E-state index contributed by atoms with van der Waals surface area (Å²) in [7, 11) is 0. The summed E-state index contributed by atoms with van der Waals surface area (Å²) in [5.41, 5.74) is 5.83. The zero-order chi connectivity index (χ0) is 14.7. The molecule has 112 valence electrons. The van der Waals surface area contributed by atoms with Crippen LogP contribution in [0.2, 0.25) is 0 Å². The Morgan fingerprint density at radius 1 is 1.19 bits per heavy atom. The fourth-order valence-corrected chi connectivity index (χ4v) is 3.36. The number of pyridine rings is 1. The van der Waals surface area contributed by atoms with Gasteiger partial charge in [0.1, 0.15) is 11.6 Å². The van der Waals surface area contributed by atoms with E-state index in [0.717, 1.165) is 23.1 Å². The minimum atomic E-state index is 0.285. The van der Waals surface area contributed by atoms with Gasteiger partial charge in [-0.2, -0.15) is 0 Å². The molecule has 1 saturated carbocycles. The summed E-state index contributed by atoms with van der Waals surface area (Å²) in [5, 5.41) is 11.9. The van der Waals surface area contributed by atoms with Crippen molar-refractivity contribution in [3.63, 3.8) is 0 Å². The van der Waals surface area contributed by atoms with Gasteiger partial charge in [-0.3, -0.25) is 0 Å². The van der Waals surface area contributed by atoms with Gasteiger partial charge in [-0.15, -0.1) is 0 Å². The molecule has 0 saturated heterocycles. The Bertz CT molecular complexity index is 608. The van der Waals surface area contributed by atoms with Gasteiger partial charge in [-0.25, -0.2) is 4.98 Å². The lowest BCUT2D eigenvalue weighted by Crippen LogP contribution is -2.40. The lowest BCUT2D eigenvalue weighted by atomic mass is 9.94. The Labute approximate surface area is 125 Å². The van der Waals surface area contributed by atoms with E-state index in [-0.39, 0.29) is 5.75 Å². The molecule has 1 heterocycles. The van der Waals surface area contributed by atoms with E-state index in [1.807, 2.05) is 24.4 Å². The number of hydrogen-bond donors (Lipinski definition) is 2. The number of nitrogens with zero attached hydrogens (tertiary/aromatic N) is 2. The Balaban J connectivity index is 2.03. The van der Waals surface area contributed by atoms with Crippen molar-refractivity contribution in [1.29, 1.82) is 0 Å². The molecule has 0 unspecified atom stereocenters. The largest absolute Gasteiger partial charge is 0.508 e. The molecule has 3 N–H and O–H groups in total. The molecular weight excluding hydrogens is 262 g/mol. The van der Waals surface area contributed by atoms with Crippen molar-refractivity contribution in [2.45, 2.75) is 38.1 Å². The van der Waals surface area contributed by atoms with Crippen LogP contribution in [-0.2, 0) is 0 Å². The highest BCUT2D eigenvalue weighted by atomic mass is 16.3. The molecular formula is C17H23N3O. The molecule has 4 heteroatoms. The number of anilines is 1. The fourth-order valence-electron chi connectivity index (χ4n) is 3.36. The van der Waals surface area contributed by atoms with Crippen LogP contribution in [0.1, 0.15) is 32.1 Å². The second-order valence-corrected chi connectivity index (χ2v) is 5.81. The molecule has 0 radical (unpaired) electrons. The van der Waals surface area contributed by atoms with Gasteiger partial charge in [0.2, 0.25) is 0 Å². The molecule has 0 amide bonds. The average Bonchev–Trinajstić information content (AvgIpc) is 2.53. The first-order chi connectivity index (χ1) is 10.3. The van der Waals surface area contributed by atoms with Crippen molar-refractivity contribution in [3.05, 3.63) is 30.5 Å². The molecule has 1 aliphatic rings. The predicted molar refractivity (Wildman–Crippen MR) is 86.7 cm³/mol. The molecule has 0 spiro atoms. The van der Waals surface area contributed by atoms with E-state index in [1.54, 1.807) is 6.07 Å². The third-order valence-electron chi connectivity index (χ3n) is 4.39. The topological polar surface area (TPSA) is 62.4 Å². The van der Waals surface area contributed by atoms with Gasteiger partial charge >= 0.3 is 0 Å². The molecule has 0 bridgehead atoms. The number of aromatic hydroxyl groups is 1. The summed E-state index contributed by atoms with van der Waals surface area (Å²) in [6, 6.07) is 7.98. The van der Waals surface area contributed by atoms with Gasteiger partial charge in [0.25, 0.3) is 0 Å². The highest BCUT2D eigenvalue weighted by Crippen LogP contribution is 2.32. The predicted octanol–water partition coefficient (Wildman–Crippen LogP) is 3.04. The summed E-state index contributed by atoms with van der Waals surface area (Å²) in [5.74, 6) is 1.24. The van der Waals surface area contributed by atoms with E-state index in [4.69, 9.17) is 5.73 Å². The lowest BCUT2D eigenvalue weighted by molar-refractivity contribution is 0.414. The number of hydrogen-bond acceptors (Lipinski definition) is 4. The molecule has 1 fully saturated rings. The number of fused-ring (bicyclic) bond motifs is 1. The van der Waals surface area contributed by atoms with Crippen LogP contribution in [-0.4, -0.2) is 29.2 Å². The number of phenols is 1. The minimum Gasteiger partial charge on any atom is -0.508 e. The second kappa shape index (κ2) is 6.31. The summed E-state index contributed by atoms with van der Waals surface area (Å²) in [4.78, 5) is 6.95. The number of phenolic OH excluding ortho intramolecular Hbond substituents is 1. The molecule has 4 nitrogen and oxygen atoms in total. The van der Waals surface area contributed by atoms with E-state index < -0.39 is 0 Å². The third kappa shape index (κ3) is 2.95. The Morgan fingerprint density at radius 3 is 2.76 bits per heavy atom. The Hall–Kier alpha value is -1.81. The van der Waals surface area contributed by atoms with Crippen LogP contribution >= 0.6 is 0 Å². The standard InChI is InChI=1S/C17H23N3O/c18-9-11-20(14-4-2-1-3-5-14)17-16-12-15(21)7-6-13(16)8-10-19-17/h6-8,10,12,14,21H,1-5,9,11,18H2. The highest BCUT2D eigenvalue weighted by molar-refractivity contribution is 5.93. The van der Waals surface area contributed by atoms with Crippen molar-refractivity contribution in [2.24, 2.45) is 5.73 Å². The molecule has 21 heavy (non-hydrogen) atoms. The molecule has 0 atom stereocenters. The van der Waals surface area contributed by atoms with Crippen LogP contribution in [0, 0.1) is 0 Å². The normalized spacial score (nSPS) is 16.2. The maximum atomic E-state index is 9.81. The van der Waals surface area contributed by atoms with Gasteiger partial charge in [0, 0.05) is 30.7 Å². The first kappa shape index (κ1) is 14.1. The van der Waals surface area contributed by atoms with Crippen LogP contribution in [0.4, 0.5) is 5.82 Å². The van der Waals surface area contributed by atoms with Crippen molar-refractivity contribution < 1.29 is 5.11 Å². The summed E-state index contributed by atoms with van der Waals surface area (Å²) in [6.07, 6.45) is 8.15. The first-order valence-electron chi connectivity index (χ1n) is 7.84. The van der Waals surface area contributed by atoms with Crippen LogP contribution in [0.25, 0.3) is 10.8 Å². The number of rotatable bonds is 4. The maximum absolute atomic E-state index is 9.81. The maximum Gasteiger partial charge on any atom is 0.136 e. The van der Waals surface area contributed by atoms with E-state index in [2.05, 4.69) is 9.88 Å². The van der Waals surface area contributed by atoms with Crippen LogP contribution in [0.15, 0.2) is 30.5 Å². The lowest BCUT2D eigenvalue weighted by Gasteiger charge is -2.35. The van der Waals surface area contributed by atoms with Crippen molar-refractivity contribution >= 4 is 16.6 Å². The number of nitrogens with two attached hydrogens (primary N) is 1. The minimum absolute atomic E-state index is 0.285. The molecule has 3 rings (SSSR count). The van der Waals surface area contributed by atoms with E-state index in [9.17, 15) is 5.11 Å². The fraction of sp³-hybridized carbons (Fsp3) is 0.471. The van der Waals surface area contributed by atoms with Gasteiger partial charge in [0.15, 0.2) is 0 Å². The third-order valence-corrected chi connectivity index (χ3v) is 4.39. The second-order valence-electron chi connectivity index (χ2n) is 5.81. The molecule has 0 aliphatic heterocycles. The van der Waals surface area contributed by atoms with Gasteiger partial charge in [0.05, 0.1) is 0 Å². The monoisotopic (exact) mass is 285 g/mol. The Kier molecular flexibility index (Phi) is 4.25. The molecule has 1 aliphatic carbocycles. The van der Waals surface area contributed by atoms with Crippen molar-refractivity contribution in [1.82, 2.24) is 4.98 Å². The number of aromatic nitrogens is 1. The summed E-state index contributed by atoms with van der Waals surface area (Å²) < 4.78 is 0.